The van der Waals surface area contributed by atoms with E-state index in [1.165, 1.54) is 21.9 Å². The molecule has 2 aromatic carbocycles. The molecule has 2 heterocycles. The maximum Gasteiger partial charge on any atom is 0.116 e. The van der Waals surface area contributed by atoms with Gasteiger partial charge in [0.05, 0.1) is 11.2 Å². The minimum Gasteiger partial charge on any atom is -0.353 e. The molecule has 0 saturated carbocycles. The van der Waals surface area contributed by atoms with Gasteiger partial charge in [0, 0.05) is 16.3 Å². The molecule has 0 amide bonds. The highest BCUT2D eigenvalue weighted by molar-refractivity contribution is 5.96. The summed E-state index contributed by atoms with van der Waals surface area (Å²) in [5, 5.41) is 9.99. The van der Waals surface area contributed by atoms with E-state index in [1.54, 1.807) is 0 Å². The first kappa shape index (κ1) is 11.3. The SMILES string of the molecule is Cc1cc2[nH]nc(-c3cc4ccccc4[nH]3)c2cc1C. The number of aromatic amines is 2. The van der Waals surface area contributed by atoms with Crippen LogP contribution in [0, 0.1) is 13.8 Å². The zero-order valence-electron chi connectivity index (χ0n) is 11.5. The Morgan fingerprint density at radius 2 is 1.70 bits per heavy atom. The molecule has 0 bridgehead atoms. The number of aryl methyl sites for hydroxylation is 2. The number of rotatable bonds is 1. The average molecular weight is 261 g/mol. The van der Waals surface area contributed by atoms with Gasteiger partial charge in [-0.1, -0.05) is 18.2 Å². The van der Waals surface area contributed by atoms with E-state index in [1.807, 2.05) is 6.07 Å². The van der Waals surface area contributed by atoms with Crippen LogP contribution in [0.2, 0.25) is 0 Å². The zero-order valence-corrected chi connectivity index (χ0v) is 11.5. The molecule has 0 spiro atoms. The third-order valence-corrected chi connectivity index (χ3v) is 3.96. The van der Waals surface area contributed by atoms with Gasteiger partial charge in [-0.05, 0) is 49.2 Å². The minimum atomic E-state index is 0.985. The summed E-state index contributed by atoms with van der Waals surface area (Å²) in [4.78, 5) is 3.44. The van der Waals surface area contributed by atoms with E-state index in [0.717, 1.165) is 22.4 Å². The summed E-state index contributed by atoms with van der Waals surface area (Å²) >= 11 is 0. The van der Waals surface area contributed by atoms with Crippen molar-refractivity contribution in [3.05, 3.63) is 53.6 Å². The molecule has 3 nitrogen and oxygen atoms in total. The number of benzene rings is 2. The van der Waals surface area contributed by atoms with Crippen LogP contribution in [0.4, 0.5) is 0 Å². The molecule has 0 unspecified atom stereocenters. The molecule has 4 aromatic rings. The first-order chi connectivity index (χ1) is 9.72. The van der Waals surface area contributed by atoms with Crippen molar-refractivity contribution in [3.8, 4) is 11.4 Å². The lowest BCUT2D eigenvalue weighted by Gasteiger charge is -2.00. The number of nitrogens with zero attached hydrogens (tertiary/aromatic N) is 1. The average Bonchev–Trinajstić information content (AvgIpc) is 3.02. The molecule has 0 radical (unpaired) electrons. The Bertz CT molecular complexity index is 895. The molecule has 2 aromatic heterocycles. The molecule has 0 aliphatic rings. The molecular weight excluding hydrogens is 246 g/mol. The predicted molar refractivity (Wildman–Crippen MR) is 82.9 cm³/mol. The predicted octanol–water partition coefficient (Wildman–Crippen LogP) is 4.33. The van der Waals surface area contributed by atoms with Gasteiger partial charge in [0.2, 0.25) is 0 Å². The van der Waals surface area contributed by atoms with Crippen LogP contribution in [0.25, 0.3) is 33.2 Å². The molecule has 0 atom stereocenters. The molecule has 0 fully saturated rings. The number of H-pyrrole nitrogens is 2. The van der Waals surface area contributed by atoms with Crippen LogP contribution in [0.5, 0.6) is 0 Å². The smallest absolute Gasteiger partial charge is 0.116 e. The fourth-order valence-corrected chi connectivity index (χ4v) is 2.69. The van der Waals surface area contributed by atoms with Crippen molar-refractivity contribution >= 4 is 21.8 Å². The van der Waals surface area contributed by atoms with Crippen LogP contribution >= 0.6 is 0 Å². The Balaban J connectivity index is 1.99. The van der Waals surface area contributed by atoms with Gasteiger partial charge in [-0.25, -0.2) is 0 Å². The number of hydrogen-bond donors (Lipinski definition) is 2. The second-order valence-electron chi connectivity index (χ2n) is 5.32. The first-order valence-corrected chi connectivity index (χ1v) is 6.76. The molecule has 0 aliphatic heterocycles. The Morgan fingerprint density at radius 3 is 2.55 bits per heavy atom. The van der Waals surface area contributed by atoms with Gasteiger partial charge in [-0.2, -0.15) is 5.10 Å². The molecule has 2 N–H and O–H groups in total. The van der Waals surface area contributed by atoms with Crippen LogP contribution < -0.4 is 0 Å². The highest BCUT2D eigenvalue weighted by Gasteiger charge is 2.11. The maximum absolute atomic E-state index is 4.49. The van der Waals surface area contributed by atoms with E-state index in [9.17, 15) is 0 Å². The molecule has 98 valence electrons. The summed E-state index contributed by atoms with van der Waals surface area (Å²) in [5.74, 6) is 0. The van der Waals surface area contributed by atoms with Crippen molar-refractivity contribution < 1.29 is 0 Å². The third-order valence-electron chi connectivity index (χ3n) is 3.96. The third kappa shape index (κ3) is 1.56. The van der Waals surface area contributed by atoms with Crippen molar-refractivity contribution in [2.45, 2.75) is 13.8 Å². The topological polar surface area (TPSA) is 44.5 Å². The summed E-state index contributed by atoms with van der Waals surface area (Å²) in [7, 11) is 0. The fourth-order valence-electron chi connectivity index (χ4n) is 2.69. The van der Waals surface area contributed by atoms with Crippen LogP contribution in [0.1, 0.15) is 11.1 Å². The molecule has 0 saturated heterocycles. The number of aromatic nitrogens is 3. The number of para-hydroxylation sites is 1. The zero-order chi connectivity index (χ0) is 13.7. The van der Waals surface area contributed by atoms with Gasteiger partial charge < -0.3 is 4.98 Å². The number of fused-ring (bicyclic) bond motifs is 2. The van der Waals surface area contributed by atoms with E-state index < -0.39 is 0 Å². The van der Waals surface area contributed by atoms with E-state index in [2.05, 4.69) is 65.4 Å². The lowest BCUT2D eigenvalue weighted by atomic mass is 10.1. The van der Waals surface area contributed by atoms with Gasteiger partial charge in [-0.3, -0.25) is 5.10 Å². The Morgan fingerprint density at radius 1 is 0.900 bits per heavy atom. The van der Waals surface area contributed by atoms with E-state index in [0.29, 0.717) is 0 Å². The van der Waals surface area contributed by atoms with Crippen molar-refractivity contribution in [1.82, 2.24) is 15.2 Å². The van der Waals surface area contributed by atoms with E-state index in [-0.39, 0.29) is 0 Å². The second-order valence-corrected chi connectivity index (χ2v) is 5.32. The second kappa shape index (κ2) is 3.97. The van der Waals surface area contributed by atoms with Crippen molar-refractivity contribution in [2.75, 3.05) is 0 Å². The van der Waals surface area contributed by atoms with Crippen molar-refractivity contribution in [2.24, 2.45) is 0 Å². The first-order valence-electron chi connectivity index (χ1n) is 6.76. The van der Waals surface area contributed by atoms with Gasteiger partial charge in [0.25, 0.3) is 0 Å². The fraction of sp³-hybridized carbons (Fsp3) is 0.118. The van der Waals surface area contributed by atoms with Crippen LogP contribution in [0.15, 0.2) is 42.5 Å². The molecule has 0 aliphatic carbocycles. The highest BCUT2D eigenvalue weighted by Crippen LogP contribution is 2.29. The van der Waals surface area contributed by atoms with Gasteiger partial charge in [0.15, 0.2) is 0 Å². The van der Waals surface area contributed by atoms with Gasteiger partial charge in [-0.15, -0.1) is 0 Å². The summed E-state index contributed by atoms with van der Waals surface area (Å²) in [6, 6.07) is 14.8. The van der Waals surface area contributed by atoms with Crippen LogP contribution in [-0.4, -0.2) is 15.2 Å². The summed E-state index contributed by atoms with van der Waals surface area (Å²) < 4.78 is 0. The standard InChI is InChI=1S/C17H15N3/c1-10-7-13-15(8-11(10)2)19-20-17(13)16-9-12-5-3-4-6-14(12)18-16/h3-9,18H,1-2H3,(H,19,20). The normalized spacial score (nSPS) is 11.5. The largest absolute Gasteiger partial charge is 0.353 e. The lowest BCUT2D eigenvalue weighted by Crippen LogP contribution is -1.81. The monoisotopic (exact) mass is 261 g/mol. The maximum atomic E-state index is 4.49. The number of nitrogens with one attached hydrogen (secondary N) is 2. The summed E-state index contributed by atoms with van der Waals surface area (Å²) in [5.41, 5.74) is 6.84. The van der Waals surface area contributed by atoms with Gasteiger partial charge >= 0.3 is 0 Å². The van der Waals surface area contributed by atoms with Crippen molar-refractivity contribution in [1.29, 1.82) is 0 Å². The highest BCUT2D eigenvalue weighted by atomic mass is 15.1. The van der Waals surface area contributed by atoms with Gasteiger partial charge in [0.1, 0.15) is 5.69 Å². The Kier molecular flexibility index (Phi) is 2.24. The molecular formula is C17H15N3. The molecule has 3 heteroatoms. The molecule has 4 rings (SSSR count). The lowest BCUT2D eigenvalue weighted by molar-refractivity contribution is 1.12. The molecule has 20 heavy (non-hydrogen) atoms. The van der Waals surface area contributed by atoms with Crippen molar-refractivity contribution in [3.63, 3.8) is 0 Å². The van der Waals surface area contributed by atoms with Crippen LogP contribution in [0.3, 0.4) is 0 Å². The minimum absolute atomic E-state index is 0.985. The Labute approximate surface area is 116 Å². The summed E-state index contributed by atoms with van der Waals surface area (Å²) in [6.07, 6.45) is 0. The number of hydrogen-bond acceptors (Lipinski definition) is 1. The van der Waals surface area contributed by atoms with Crippen LogP contribution in [-0.2, 0) is 0 Å². The Hall–Kier alpha value is -2.55. The quantitative estimate of drug-likeness (QED) is 0.526. The summed E-state index contributed by atoms with van der Waals surface area (Å²) in [6.45, 7) is 4.26. The van der Waals surface area contributed by atoms with E-state index in [4.69, 9.17) is 0 Å². The van der Waals surface area contributed by atoms with E-state index >= 15 is 0 Å².